The fourth-order valence-corrected chi connectivity index (χ4v) is 1.84. The Labute approximate surface area is 102 Å². The second kappa shape index (κ2) is 5.80. The van der Waals surface area contributed by atoms with Crippen molar-refractivity contribution in [2.45, 2.75) is 20.3 Å². The topological polar surface area (TPSA) is 38.3 Å². The Morgan fingerprint density at radius 1 is 1.44 bits per heavy atom. The Morgan fingerprint density at radius 2 is 2.12 bits per heavy atom. The molecular weight excluding hydrogens is 222 g/mol. The van der Waals surface area contributed by atoms with Crippen LogP contribution in [0.3, 0.4) is 0 Å². The van der Waals surface area contributed by atoms with Gasteiger partial charge in [0.2, 0.25) is 5.91 Å². The molecule has 1 amide bonds. The zero-order valence-electron chi connectivity index (χ0n) is 9.83. The van der Waals surface area contributed by atoms with Gasteiger partial charge in [-0.05, 0) is 36.8 Å². The lowest BCUT2D eigenvalue weighted by molar-refractivity contribution is -0.115. The molecule has 16 heavy (non-hydrogen) atoms. The van der Waals surface area contributed by atoms with E-state index in [1.54, 1.807) is 7.11 Å². The molecular formula is C12H17NO2S. The van der Waals surface area contributed by atoms with Gasteiger partial charge in [0.15, 0.2) is 0 Å². The van der Waals surface area contributed by atoms with Gasteiger partial charge in [-0.1, -0.05) is 6.07 Å². The summed E-state index contributed by atoms with van der Waals surface area (Å²) in [6.07, 6.45) is 0.402. The molecule has 0 radical (unpaired) electrons. The summed E-state index contributed by atoms with van der Waals surface area (Å²) in [5, 5.41) is 2.83. The molecule has 0 aromatic heterocycles. The lowest BCUT2D eigenvalue weighted by Gasteiger charge is -2.13. The van der Waals surface area contributed by atoms with Gasteiger partial charge in [-0.25, -0.2) is 0 Å². The molecule has 0 spiro atoms. The molecule has 1 rings (SSSR count). The highest BCUT2D eigenvalue weighted by Crippen LogP contribution is 2.29. The molecule has 0 unspecified atom stereocenters. The second-order valence-corrected chi connectivity index (χ2v) is 4.13. The van der Waals surface area contributed by atoms with Gasteiger partial charge >= 0.3 is 0 Å². The number of thiol groups is 1. The molecule has 3 nitrogen and oxygen atoms in total. The van der Waals surface area contributed by atoms with E-state index in [1.807, 2.05) is 26.0 Å². The SMILES string of the molecule is COc1c(C)cc(C)cc1NC(=O)CCS. The van der Waals surface area contributed by atoms with Gasteiger partial charge in [0.1, 0.15) is 5.75 Å². The molecule has 0 heterocycles. The number of rotatable bonds is 4. The van der Waals surface area contributed by atoms with E-state index in [2.05, 4.69) is 17.9 Å². The predicted octanol–water partition coefficient (Wildman–Crippen LogP) is 2.57. The molecule has 0 fully saturated rings. The maximum Gasteiger partial charge on any atom is 0.225 e. The van der Waals surface area contributed by atoms with Crippen molar-refractivity contribution in [3.05, 3.63) is 23.3 Å². The maximum atomic E-state index is 11.5. The van der Waals surface area contributed by atoms with Crippen molar-refractivity contribution in [3.63, 3.8) is 0 Å². The van der Waals surface area contributed by atoms with Crippen LogP contribution in [-0.4, -0.2) is 18.8 Å². The molecule has 1 N–H and O–H groups in total. The van der Waals surface area contributed by atoms with Crippen molar-refractivity contribution in [1.29, 1.82) is 0 Å². The van der Waals surface area contributed by atoms with E-state index in [-0.39, 0.29) is 5.91 Å². The number of ether oxygens (including phenoxy) is 1. The fourth-order valence-electron chi connectivity index (χ4n) is 1.63. The number of hydrogen-bond donors (Lipinski definition) is 2. The van der Waals surface area contributed by atoms with Crippen molar-refractivity contribution in [2.24, 2.45) is 0 Å². The third-order valence-electron chi connectivity index (χ3n) is 2.24. The maximum absolute atomic E-state index is 11.5. The van der Waals surface area contributed by atoms with E-state index in [0.717, 1.165) is 22.6 Å². The average Bonchev–Trinajstić information content (AvgIpc) is 2.17. The molecule has 0 saturated heterocycles. The zero-order chi connectivity index (χ0) is 12.1. The molecule has 0 atom stereocenters. The largest absolute Gasteiger partial charge is 0.494 e. The number of anilines is 1. The van der Waals surface area contributed by atoms with Crippen molar-refractivity contribution in [2.75, 3.05) is 18.2 Å². The van der Waals surface area contributed by atoms with Gasteiger partial charge in [-0.15, -0.1) is 0 Å². The molecule has 0 aliphatic carbocycles. The standard InChI is InChI=1S/C12H17NO2S/c1-8-6-9(2)12(15-3)10(7-8)13-11(14)4-5-16/h6-7,16H,4-5H2,1-3H3,(H,13,14). The highest BCUT2D eigenvalue weighted by molar-refractivity contribution is 7.80. The van der Waals surface area contributed by atoms with Crippen LogP contribution in [0.2, 0.25) is 0 Å². The lowest BCUT2D eigenvalue weighted by atomic mass is 10.1. The molecule has 1 aromatic rings. The van der Waals surface area contributed by atoms with Gasteiger partial charge in [-0.2, -0.15) is 12.6 Å². The highest BCUT2D eigenvalue weighted by atomic mass is 32.1. The Balaban J connectivity index is 2.97. The van der Waals surface area contributed by atoms with E-state index >= 15 is 0 Å². The van der Waals surface area contributed by atoms with E-state index in [9.17, 15) is 4.79 Å². The smallest absolute Gasteiger partial charge is 0.225 e. The number of carbonyl (C=O) groups excluding carboxylic acids is 1. The molecule has 4 heteroatoms. The first kappa shape index (κ1) is 12.9. The van der Waals surface area contributed by atoms with Crippen LogP contribution in [-0.2, 0) is 4.79 Å². The molecule has 0 aliphatic rings. The van der Waals surface area contributed by atoms with E-state index in [1.165, 1.54) is 0 Å². The monoisotopic (exact) mass is 239 g/mol. The number of hydrogen-bond acceptors (Lipinski definition) is 3. The van der Waals surface area contributed by atoms with Crippen molar-refractivity contribution in [1.82, 2.24) is 0 Å². The highest BCUT2D eigenvalue weighted by Gasteiger charge is 2.10. The Kier molecular flexibility index (Phi) is 4.68. The van der Waals surface area contributed by atoms with E-state index < -0.39 is 0 Å². The minimum atomic E-state index is -0.0432. The molecule has 0 bridgehead atoms. The summed E-state index contributed by atoms with van der Waals surface area (Å²) in [6.45, 7) is 3.95. The normalized spacial score (nSPS) is 10.0. The van der Waals surface area contributed by atoms with Crippen LogP contribution in [0.5, 0.6) is 5.75 Å². The molecule has 0 aliphatic heterocycles. The third kappa shape index (κ3) is 3.17. The molecule has 0 saturated carbocycles. The van der Waals surface area contributed by atoms with E-state index in [0.29, 0.717) is 12.2 Å². The van der Waals surface area contributed by atoms with Gasteiger partial charge in [0.05, 0.1) is 12.8 Å². The zero-order valence-corrected chi connectivity index (χ0v) is 10.7. The Hall–Kier alpha value is -1.16. The Bertz CT molecular complexity index is 391. The summed E-state index contributed by atoms with van der Waals surface area (Å²) in [5.74, 6) is 1.22. The van der Waals surface area contributed by atoms with Crippen LogP contribution >= 0.6 is 12.6 Å². The summed E-state index contributed by atoms with van der Waals surface area (Å²) in [6, 6.07) is 3.93. The van der Waals surface area contributed by atoms with Gasteiger partial charge in [0, 0.05) is 6.42 Å². The van der Waals surface area contributed by atoms with Crippen LogP contribution in [0.1, 0.15) is 17.5 Å². The van der Waals surface area contributed by atoms with Crippen LogP contribution < -0.4 is 10.1 Å². The number of carbonyl (C=O) groups is 1. The van der Waals surface area contributed by atoms with Crippen LogP contribution in [0.4, 0.5) is 5.69 Å². The summed E-state index contributed by atoms with van der Waals surface area (Å²) in [7, 11) is 1.60. The molecule has 88 valence electrons. The first-order valence-electron chi connectivity index (χ1n) is 5.14. The van der Waals surface area contributed by atoms with Crippen LogP contribution in [0, 0.1) is 13.8 Å². The van der Waals surface area contributed by atoms with Gasteiger partial charge in [0.25, 0.3) is 0 Å². The second-order valence-electron chi connectivity index (χ2n) is 3.68. The fraction of sp³-hybridized carbons (Fsp3) is 0.417. The van der Waals surface area contributed by atoms with Crippen LogP contribution in [0.25, 0.3) is 0 Å². The van der Waals surface area contributed by atoms with Crippen molar-refractivity contribution < 1.29 is 9.53 Å². The van der Waals surface area contributed by atoms with Crippen molar-refractivity contribution >= 4 is 24.2 Å². The van der Waals surface area contributed by atoms with Crippen LogP contribution in [0.15, 0.2) is 12.1 Å². The van der Waals surface area contributed by atoms with E-state index in [4.69, 9.17) is 4.74 Å². The first-order valence-corrected chi connectivity index (χ1v) is 5.77. The quantitative estimate of drug-likeness (QED) is 0.793. The van der Waals surface area contributed by atoms with Gasteiger partial charge < -0.3 is 10.1 Å². The van der Waals surface area contributed by atoms with Crippen molar-refractivity contribution in [3.8, 4) is 5.75 Å². The van der Waals surface area contributed by atoms with Gasteiger partial charge in [-0.3, -0.25) is 4.79 Å². The number of aryl methyl sites for hydroxylation is 2. The number of methoxy groups -OCH3 is 1. The molecule has 1 aromatic carbocycles. The summed E-state index contributed by atoms with van der Waals surface area (Å²) in [5.41, 5.74) is 2.84. The minimum absolute atomic E-state index is 0.0432. The summed E-state index contributed by atoms with van der Waals surface area (Å²) < 4.78 is 5.28. The predicted molar refractivity (Wildman–Crippen MR) is 69.6 cm³/mol. The number of amides is 1. The average molecular weight is 239 g/mol. The summed E-state index contributed by atoms with van der Waals surface area (Å²) >= 11 is 4.02. The first-order chi connectivity index (χ1) is 7.58. The Morgan fingerprint density at radius 3 is 2.69 bits per heavy atom. The summed E-state index contributed by atoms with van der Waals surface area (Å²) in [4.78, 5) is 11.5. The number of benzene rings is 1. The third-order valence-corrected chi connectivity index (χ3v) is 2.46. The minimum Gasteiger partial charge on any atom is -0.494 e. The lowest BCUT2D eigenvalue weighted by Crippen LogP contribution is -2.13. The number of nitrogens with one attached hydrogen (secondary N) is 1.